The Kier molecular flexibility index (Phi) is 4.68. The fourth-order valence-electron chi connectivity index (χ4n) is 1.93. The van der Waals surface area contributed by atoms with E-state index in [1.165, 1.54) is 13.3 Å². The normalized spacial score (nSPS) is 10.6. The molecule has 0 spiro atoms. The van der Waals surface area contributed by atoms with Gasteiger partial charge in [0, 0.05) is 17.1 Å². The number of rotatable bonds is 5. The highest BCUT2D eigenvalue weighted by Crippen LogP contribution is 2.27. The van der Waals surface area contributed by atoms with Crippen LogP contribution in [0.4, 0.5) is 0 Å². The largest absolute Gasteiger partial charge is 0.493 e. The van der Waals surface area contributed by atoms with Gasteiger partial charge in [-0.3, -0.25) is 9.48 Å². The van der Waals surface area contributed by atoms with E-state index in [-0.39, 0.29) is 5.78 Å². The summed E-state index contributed by atoms with van der Waals surface area (Å²) >= 11 is 11.9. The molecule has 0 saturated heterocycles. The first kappa shape index (κ1) is 14.9. The number of ketones is 1. The fourth-order valence-corrected chi connectivity index (χ4v) is 2.42. The van der Waals surface area contributed by atoms with Crippen molar-refractivity contribution in [2.24, 2.45) is 0 Å². The highest BCUT2D eigenvalue weighted by atomic mass is 35.5. The van der Waals surface area contributed by atoms with Crippen molar-refractivity contribution >= 4 is 29.0 Å². The highest BCUT2D eigenvalue weighted by Gasteiger charge is 2.22. The molecule has 0 aliphatic carbocycles. The average Bonchev–Trinajstić information content (AvgIpc) is 2.81. The summed E-state index contributed by atoms with van der Waals surface area (Å²) in [6, 6.07) is 4.78. The van der Waals surface area contributed by atoms with Crippen molar-refractivity contribution in [3.63, 3.8) is 0 Å². The molecule has 106 valence electrons. The van der Waals surface area contributed by atoms with Crippen molar-refractivity contribution in [3.05, 3.63) is 45.7 Å². The van der Waals surface area contributed by atoms with Gasteiger partial charge in [0.1, 0.15) is 0 Å². The third-order valence-corrected chi connectivity index (χ3v) is 3.40. The van der Waals surface area contributed by atoms with Crippen molar-refractivity contribution in [3.8, 4) is 5.75 Å². The van der Waals surface area contributed by atoms with Gasteiger partial charge in [0.2, 0.25) is 5.78 Å². The van der Waals surface area contributed by atoms with Crippen LogP contribution in [0.1, 0.15) is 29.4 Å². The molecule has 0 saturated carbocycles. The molecule has 0 atom stereocenters. The number of ether oxygens (including phenoxy) is 1. The van der Waals surface area contributed by atoms with Gasteiger partial charge < -0.3 is 4.74 Å². The van der Waals surface area contributed by atoms with Crippen molar-refractivity contribution in [1.82, 2.24) is 9.78 Å². The first-order valence-corrected chi connectivity index (χ1v) is 6.93. The summed E-state index contributed by atoms with van der Waals surface area (Å²) in [7, 11) is 1.51. The number of benzene rings is 1. The molecule has 0 amide bonds. The number of aromatic nitrogens is 2. The molecule has 20 heavy (non-hydrogen) atoms. The van der Waals surface area contributed by atoms with Gasteiger partial charge in [0.15, 0.2) is 11.4 Å². The first-order valence-electron chi connectivity index (χ1n) is 6.18. The van der Waals surface area contributed by atoms with E-state index in [4.69, 9.17) is 27.9 Å². The van der Waals surface area contributed by atoms with E-state index in [9.17, 15) is 4.79 Å². The molecule has 4 nitrogen and oxygen atoms in total. The van der Waals surface area contributed by atoms with Crippen molar-refractivity contribution in [1.29, 1.82) is 0 Å². The predicted molar refractivity (Wildman–Crippen MR) is 79.0 cm³/mol. The number of aryl methyl sites for hydroxylation is 1. The topological polar surface area (TPSA) is 44.1 Å². The summed E-state index contributed by atoms with van der Waals surface area (Å²) in [6.45, 7) is 2.65. The Labute approximate surface area is 127 Å². The molecule has 0 aliphatic heterocycles. The molecule has 0 N–H and O–H groups in total. The van der Waals surface area contributed by atoms with Gasteiger partial charge >= 0.3 is 0 Å². The average molecular weight is 313 g/mol. The van der Waals surface area contributed by atoms with E-state index in [0.29, 0.717) is 33.6 Å². The van der Waals surface area contributed by atoms with Gasteiger partial charge in [0.25, 0.3) is 0 Å². The lowest BCUT2D eigenvalue weighted by atomic mass is 10.1. The minimum atomic E-state index is -0.227. The zero-order valence-electron chi connectivity index (χ0n) is 11.2. The number of hydrogen-bond donors (Lipinski definition) is 0. The zero-order valence-corrected chi connectivity index (χ0v) is 12.7. The molecule has 2 rings (SSSR count). The molecular formula is C14H14Cl2N2O2. The van der Waals surface area contributed by atoms with Crippen molar-refractivity contribution in [2.45, 2.75) is 19.9 Å². The van der Waals surface area contributed by atoms with Crippen LogP contribution in [0.3, 0.4) is 0 Å². The van der Waals surface area contributed by atoms with Crippen LogP contribution in [0.2, 0.25) is 10.0 Å². The van der Waals surface area contributed by atoms with E-state index in [1.807, 2.05) is 6.92 Å². The minimum Gasteiger partial charge on any atom is -0.493 e. The molecule has 0 unspecified atom stereocenters. The maximum absolute atomic E-state index is 12.6. The van der Waals surface area contributed by atoms with E-state index in [0.717, 1.165) is 6.42 Å². The number of methoxy groups -OCH3 is 1. The Morgan fingerprint density at radius 1 is 1.40 bits per heavy atom. The Hall–Kier alpha value is -1.52. The first-order chi connectivity index (χ1) is 9.58. The standard InChI is InChI=1S/C14H14Cl2N2O2/c1-3-6-18-13(12(20-2)8-17-18)14(19)10-5-4-9(15)7-11(10)16/h4-5,7-8H,3,6H2,1-2H3. The number of halogens is 2. The number of hydrogen-bond acceptors (Lipinski definition) is 3. The van der Waals surface area contributed by atoms with E-state index >= 15 is 0 Å². The maximum atomic E-state index is 12.6. The molecule has 0 radical (unpaired) electrons. The van der Waals surface area contributed by atoms with Gasteiger partial charge in [-0.15, -0.1) is 0 Å². The van der Waals surface area contributed by atoms with Crippen molar-refractivity contribution < 1.29 is 9.53 Å². The van der Waals surface area contributed by atoms with Crippen LogP contribution in [0.5, 0.6) is 5.75 Å². The molecule has 0 fully saturated rings. The van der Waals surface area contributed by atoms with Crippen LogP contribution >= 0.6 is 23.2 Å². The van der Waals surface area contributed by atoms with Crippen LogP contribution in [-0.2, 0) is 6.54 Å². The Morgan fingerprint density at radius 2 is 2.15 bits per heavy atom. The Bertz CT molecular complexity index is 638. The van der Waals surface area contributed by atoms with Crippen LogP contribution in [0.15, 0.2) is 24.4 Å². The van der Waals surface area contributed by atoms with Crippen molar-refractivity contribution in [2.75, 3.05) is 7.11 Å². The third-order valence-electron chi connectivity index (χ3n) is 2.85. The van der Waals surface area contributed by atoms with E-state index in [1.54, 1.807) is 22.9 Å². The summed E-state index contributed by atoms with van der Waals surface area (Å²) in [6.07, 6.45) is 2.40. The zero-order chi connectivity index (χ0) is 14.7. The highest BCUT2D eigenvalue weighted by molar-refractivity contribution is 6.37. The molecule has 6 heteroatoms. The maximum Gasteiger partial charge on any atom is 0.216 e. The predicted octanol–water partition coefficient (Wildman–Crippen LogP) is 3.84. The monoisotopic (exact) mass is 312 g/mol. The van der Waals surface area contributed by atoms with Gasteiger partial charge in [-0.2, -0.15) is 5.10 Å². The molecule has 2 aromatic rings. The SMILES string of the molecule is CCCn1ncc(OC)c1C(=O)c1ccc(Cl)cc1Cl. The van der Waals surface area contributed by atoms with E-state index in [2.05, 4.69) is 5.10 Å². The van der Waals surface area contributed by atoms with Crippen LogP contribution < -0.4 is 4.74 Å². The summed E-state index contributed by atoms with van der Waals surface area (Å²) in [5.74, 6) is 0.212. The summed E-state index contributed by atoms with van der Waals surface area (Å²) < 4.78 is 6.84. The molecule has 0 aliphatic rings. The summed E-state index contributed by atoms with van der Waals surface area (Å²) in [4.78, 5) is 12.6. The lowest BCUT2D eigenvalue weighted by Gasteiger charge is -2.08. The number of nitrogens with zero attached hydrogens (tertiary/aromatic N) is 2. The molecule has 1 aromatic heterocycles. The third kappa shape index (κ3) is 2.81. The second-order valence-electron chi connectivity index (χ2n) is 4.24. The van der Waals surface area contributed by atoms with Gasteiger partial charge in [-0.25, -0.2) is 0 Å². The lowest BCUT2D eigenvalue weighted by molar-refractivity contribution is 0.102. The molecule has 1 heterocycles. The smallest absolute Gasteiger partial charge is 0.216 e. The minimum absolute atomic E-state index is 0.227. The van der Waals surface area contributed by atoms with Gasteiger partial charge in [0.05, 0.1) is 18.3 Å². The summed E-state index contributed by atoms with van der Waals surface area (Å²) in [5.41, 5.74) is 0.783. The quantitative estimate of drug-likeness (QED) is 0.788. The Balaban J connectivity index is 2.49. The number of carbonyl (C=O) groups excluding carboxylic acids is 1. The van der Waals surface area contributed by atoms with E-state index < -0.39 is 0 Å². The second kappa shape index (κ2) is 6.29. The molecule has 1 aromatic carbocycles. The number of carbonyl (C=O) groups is 1. The van der Waals surface area contributed by atoms with Gasteiger partial charge in [-0.05, 0) is 24.6 Å². The summed E-state index contributed by atoms with van der Waals surface area (Å²) in [5, 5.41) is 4.97. The molecule has 0 bridgehead atoms. The lowest BCUT2D eigenvalue weighted by Crippen LogP contribution is -2.13. The fraction of sp³-hybridized carbons (Fsp3) is 0.286. The van der Waals surface area contributed by atoms with Crippen LogP contribution in [0, 0.1) is 0 Å². The second-order valence-corrected chi connectivity index (χ2v) is 5.08. The Morgan fingerprint density at radius 3 is 2.75 bits per heavy atom. The molecular weight excluding hydrogens is 299 g/mol. The van der Waals surface area contributed by atoms with Crippen LogP contribution in [-0.4, -0.2) is 22.7 Å². The van der Waals surface area contributed by atoms with Gasteiger partial charge in [-0.1, -0.05) is 30.1 Å². The van der Waals surface area contributed by atoms with Crippen LogP contribution in [0.25, 0.3) is 0 Å².